The smallest absolute Gasteiger partial charge is 0.269 e. The molecular formula is C22H22ClN3O. The number of nitrogens with one attached hydrogen (secondary N) is 2. The number of benzene rings is 2. The van der Waals surface area contributed by atoms with Crippen molar-refractivity contribution in [2.75, 3.05) is 11.9 Å². The molecule has 3 aromatic rings. The Morgan fingerprint density at radius 2 is 1.89 bits per heavy atom. The van der Waals surface area contributed by atoms with Crippen molar-refractivity contribution in [3.05, 3.63) is 94.8 Å². The zero-order valence-electron chi connectivity index (χ0n) is 15.2. The zero-order chi connectivity index (χ0) is 19.1. The van der Waals surface area contributed by atoms with E-state index in [9.17, 15) is 4.79 Å². The fourth-order valence-electron chi connectivity index (χ4n) is 2.82. The molecule has 3 rings (SSSR count). The Balaban J connectivity index is 1.57. The van der Waals surface area contributed by atoms with Crippen LogP contribution in [0, 0.1) is 0 Å². The van der Waals surface area contributed by atoms with Crippen LogP contribution in [0.1, 0.15) is 34.6 Å². The highest BCUT2D eigenvalue weighted by molar-refractivity contribution is 6.30. The number of rotatable bonds is 7. The number of anilines is 1. The quantitative estimate of drug-likeness (QED) is 0.615. The van der Waals surface area contributed by atoms with Gasteiger partial charge in [-0.3, -0.25) is 9.78 Å². The summed E-state index contributed by atoms with van der Waals surface area (Å²) in [5.74, 6) is -0.187. The van der Waals surface area contributed by atoms with Crippen LogP contribution in [-0.4, -0.2) is 17.4 Å². The van der Waals surface area contributed by atoms with Gasteiger partial charge in [0.2, 0.25) is 0 Å². The molecule has 1 heterocycles. The second-order valence-electron chi connectivity index (χ2n) is 6.34. The van der Waals surface area contributed by atoms with Crippen LogP contribution in [0.4, 0.5) is 5.69 Å². The van der Waals surface area contributed by atoms with Crippen molar-refractivity contribution in [1.82, 2.24) is 10.3 Å². The van der Waals surface area contributed by atoms with Crippen molar-refractivity contribution >= 4 is 23.2 Å². The van der Waals surface area contributed by atoms with Gasteiger partial charge in [0.25, 0.3) is 5.91 Å². The lowest BCUT2D eigenvalue weighted by Crippen LogP contribution is -2.26. The second-order valence-corrected chi connectivity index (χ2v) is 6.78. The van der Waals surface area contributed by atoms with Crippen LogP contribution in [0.15, 0.2) is 72.9 Å². The van der Waals surface area contributed by atoms with E-state index in [1.54, 1.807) is 12.3 Å². The van der Waals surface area contributed by atoms with Gasteiger partial charge in [-0.15, -0.1) is 0 Å². The summed E-state index contributed by atoms with van der Waals surface area (Å²) in [4.78, 5) is 16.6. The van der Waals surface area contributed by atoms with E-state index in [-0.39, 0.29) is 11.9 Å². The molecule has 0 aliphatic heterocycles. The lowest BCUT2D eigenvalue weighted by molar-refractivity contribution is 0.0949. The molecule has 0 bridgehead atoms. The molecule has 2 aromatic carbocycles. The van der Waals surface area contributed by atoms with Crippen LogP contribution in [0.25, 0.3) is 0 Å². The van der Waals surface area contributed by atoms with E-state index in [1.807, 2.05) is 48.5 Å². The predicted molar refractivity (Wildman–Crippen MR) is 110 cm³/mol. The standard InChI is InChI=1S/C22H22ClN3O/c1-16(18-7-3-2-4-8-18)26-20-11-13-24-21(15-20)22(27)25-12-10-17-6-5-9-19(23)14-17/h2-9,11,13-16H,10,12H2,1H3,(H,24,26)(H,25,27). The average molecular weight is 380 g/mol. The lowest BCUT2D eigenvalue weighted by Gasteiger charge is -2.16. The lowest BCUT2D eigenvalue weighted by atomic mass is 10.1. The van der Waals surface area contributed by atoms with E-state index in [2.05, 4.69) is 34.7 Å². The summed E-state index contributed by atoms with van der Waals surface area (Å²) in [6, 6.07) is 21.6. The molecule has 0 aliphatic rings. The molecule has 1 aromatic heterocycles. The number of carbonyl (C=O) groups excluding carboxylic acids is 1. The number of nitrogens with zero attached hydrogens (tertiary/aromatic N) is 1. The molecule has 0 saturated heterocycles. The van der Waals surface area contributed by atoms with Gasteiger partial charge in [0.05, 0.1) is 0 Å². The molecule has 1 unspecified atom stereocenters. The van der Waals surface area contributed by atoms with Gasteiger partial charge in [-0.25, -0.2) is 0 Å². The number of halogens is 1. The molecule has 27 heavy (non-hydrogen) atoms. The average Bonchev–Trinajstić information content (AvgIpc) is 2.69. The second kappa shape index (κ2) is 9.19. The van der Waals surface area contributed by atoms with Gasteiger partial charge >= 0.3 is 0 Å². The Morgan fingerprint density at radius 3 is 2.67 bits per heavy atom. The number of hydrogen-bond acceptors (Lipinski definition) is 3. The van der Waals surface area contributed by atoms with Gasteiger partial charge in [-0.2, -0.15) is 0 Å². The minimum Gasteiger partial charge on any atom is -0.378 e. The van der Waals surface area contributed by atoms with Crippen molar-refractivity contribution in [2.24, 2.45) is 0 Å². The first-order chi connectivity index (χ1) is 13.1. The zero-order valence-corrected chi connectivity index (χ0v) is 15.9. The summed E-state index contributed by atoms with van der Waals surface area (Å²) in [7, 11) is 0. The SMILES string of the molecule is CC(Nc1ccnc(C(=O)NCCc2cccc(Cl)c2)c1)c1ccccc1. The molecule has 0 spiro atoms. The van der Waals surface area contributed by atoms with Crippen molar-refractivity contribution < 1.29 is 4.79 Å². The first-order valence-corrected chi connectivity index (χ1v) is 9.30. The van der Waals surface area contributed by atoms with Crippen LogP contribution in [0.3, 0.4) is 0 Å². The Bertz CT molecular complexity index is 899. The summed E-state index contributed by atoms with van der Waals surface area (Å²) in [6.07, 6.45) is 2.36. The van der Waals surface area contributed by atoms with Crippen molar-refractivity contribution in [2.45, 2.75) is 19.4 Å². The summed E-state index contributed by atoms with van der Waals surface area (Å²) in [5, 5.41) is 7.01. The molecule has 0 aliphatic carbocycles. The van der Waals surface area contributed by atoms with Crippen LogP contribution in [0.2, 0.25) is 5.02 Å². The number of carbonyl (C=O) groups is 1. The summed E-state index contributed by atoms with van der Waals surface area (Å²) in [5.41, 5.74) is 3.53. The molecule has 0 radical (unpaired) electrons. The van der Waals surface area contributed by atoms with Gasteiger partial charge in [0, 0.05) is 29.5 Å². The maximum absolute atomic E-state index is 12.4. The van der Waals surface area contributed by atoms with E-state index < -0.39 is 0 Å². The van der Waals surface area contributed by atoms with Gasteiger partial charge in [-0.1, -0.05) is 54.1 Å². The summed E-state index contributed by atoms with van der Waals surface area (Å²) >= 11 is 5.98. The maximum Gasteiger partial charge on any atom is 0.269 e. The van der Waals surface area contributed by atoms with E-state index in [1.165, 1.54) is 5.56 Å². The molecule has 138 valence electrons. The fraction of sp³-hybridized carbons (Fsp3) is 0.182. The van der Waals surface area contributed by atoms with Crippen molar-refractivity contribution in [1.29, 1.82) is 0 Å². The predicted octanol–water partition coefficient (Wildman–Crippen LogP) is 4.88. The van der Waals surface area contributed by atoms with Gasteiger partial charge < -0.3 is 10.6 Å². The van der Waals surface area contributed by atoms with Gasteiger partial charge in [0.1, 0.15) is 5.69 Å². The van der Waals surface area contributed by atoms with E-state index in [4.69, 9.17) is 11.6 Å². The van der Waals surface area contributed by atoms with Crippen LogP contribution in [-0.2, 0) is 6.42 Å². The third-order valence-electron chi connectivity index (χ3n) is 4.26. The minimum atomic E-state index is -0.187. The Hall–Kier alpha value is -2.85. The molecule has 2 N–H and O–H groups in total. The van der Waals surface area contributed by atoms with Crippen molar-refractivity contribution in [3.8, 4) is 0 Å². The topological polar surface area (TPSA) is 54.0 Å². The molecule has 1 atom stereocenters. The fourth-order valence-corrected chi connectivity index (χ4v) is 3.04. The minimum absolute atomic E-state index is 0.132. The molecule has 1 amide bonds. The van der Waals surface area contributed by atoms with Gasteiger partial charge in [0.15, 0.2) is 0 Å². The Labute approximate surface area is 164 Å². The maximum atomic E-state index is 12.4. The molecule has 0 fully saturated rings. The van der Waals surface area contributed by atoms with E-state index in [0.717, 1.165) is 17.7 Å². The largest absolute Gasteiger partial charge is 0.378 e. The molecule has 5 heteroatoms. The summed E-state index contributed by atoms with van der Waals surface area (Å²) in [6.45, 7) is 2.61. The first-order valence-electron chi connectivity index (χ1n) is 8.92. The molecule has 4 nitrogen and oxygen atoms in total. The highest BCUT2D eigenvalue weighted by atomic mass is 35.5. The molecule has 0 saturated carbocycles. The number of pyridine rings is 1. The van der Waals surface area contributed by atoms with Crippen LogP contribution < -0.4 is 10.6 Å². The third-order valence-corrected chi connectivity index (χ3v) is 4.50. The number of aromatic nitrogens is 1. The number of hydrogen-bond donors (Lipinski definition) is 2. The Kier molecular flexibility index (Phi) is 6.44. The molecular weight excluding hydrogens is 358 g/mol. The van der Waals surface area contributed by atoms with Gasteiger partial charge in [-0.05, 0) is 48.7 Å². The third kappa shape index (κ3) is 5.56. The van der Waals surface area contributed by atoms with Crippen molar-refractivity contribution in [3.63, 3.8) is 0 Å². The monoisotopic (exact) mass is 379 g/mol. The number of amides is 1. The Morgan fingerprint density at radius 1 is 1.07 bits per heavy atom. The van der Waals surface area contributed by atoms with E-state index >= 15 is 0 Å². The van der Waals surface area contributed by atoms with E-state index in [0.29, 0.717) is 17.3 Å². The summed E-state index contributed by atoms with van der Waals surface area (Å²) < 4.78 is 0. The highest BCUT2D eigenvalue weighted by Gasteiger charge is 2.10. The van der Waals surface area contributed by atoms with Crippen LogP contribution in [0.5, 0.6) is 0 Å². The first kappa shape index (κ1) is 18.9. The van der Waals surface area contributed by atoms with Crippen LogP contribution >= 0.6 is 11.6 Å². The normalized spacial score (nSPS) is 11.6. The highest BCUT2D eigenvalue weighted by Crippen LogP contribution is 2.19.